The average Bonchev–Trinajstić information content (AvgIpc) is 2.59. The van der Waals surface area contributed by atoms with Crippen molar-refractivity contribution in [2.75, 3.05) is 20.1 Å². The summed E-state index contributed by atoms with van der Waals surface area (Å²) in [5.41, 5.74) is -1.03. The molecule has 0 heterocycles. The monoisotopic (exact) mass is 383 g/mol. The highest BCUT2D eigenvalue weighted by Gasteiger charge is 2.40. The summed E-state index contributed by atoms with van der Waals surface area (Å²) in [7, 11) is 1.61. The Morgan fingerprint density at radius 2 is 1.63 bits per heavy atom. The first-order chi connectivity index (χ1) is 12.4. The van der Waals surface area contributed by atoms with E-state index in [0.717, 1.165) is 0 Å². The Kier molecular flexibility index (Phi) is 9.71. The number of nitrogens with one attached hydrogen (secondary N) is 2. The van der Waals surface area contributed by atoms with Crippen molar-refractivity contribution in [3.63, 3.8) is 0 Å². The largest absolute Gasteiger partial charge is 0.478 e. The number of amides is 2. The summed E-state index contributed by atoms with van der Waals surface area (Å²) < 4.78 is 0. The number of carbonyl (C=O) groups excluding carboxylic acids is 2. The molecule has 2 amide bonds. The van der Waals surface area contributed by atoms with Gasteiger partial charge >= 0.3 is 5.97 Å². The van der Waals surface area contributed by atoms with Gasteiger partial charge in [-0.1, -0.05) is 47.6 Å². The van der Waals surface area contributed by atoms with Crippen molar-refractivity contribution in [1.82, 2.24) is 15.5 Å². The minimum Gasteiger partial charge on any atom is -0.478 e. The number of carboxylic acids is 1. The van der Waals surface area contributed by atoms with E-state index in [4.69, 9.17) is 5.11 Å². The predicted molar refractivity (Wildman–Crippen MR) is 107 cm³/mol. The van der Waals surface area contributed by atoms with Crippen LogP contribution >= 0.6 is 0 Å². The molecule has 0 radical (unpaired) electrons. The molecule has 0 spiro atoms. The van der Waals surface area contributed by atoms with Gasteiger partial charge in [0.05, 0.1) is 5.54 Å². The number of hydrogen-bond acceptors (Lipinski definition) is 4. The van der Waals surface area contributed by atoms with Crippen LogP contribution in [0.25, 0.3) is 0 Å². The van der Waals surface area contributed by atoms with Crippen LogP contribution in [0.2, 0.25) is 0 Å². The van der Waals surface area contributed by atoms with E-state index in [9.17, 15) is 14.4 Å². The molecule has 0 saturated heterocycles. The van der Waals surface area contributed by atoms with Crippen LogP contribution < -0.4 is 10.6 Å². The van der Waals surface area contributed by atoms with Crippen molar-refractivity contribution in [2.24, 2.45) is 5.41 Å². The summed E-state index contributed by atoms with van der Waals surface area (Å²) in [6.45, 7) is 13.8. The normalized spacial score (nSPS) is 13.9. The van der Waals surface area contributed by atoms with E-state index in [1.54, 1.807) is 7.05 Å². The molecule has 0 saturated carbocycles. The fourth-order valence-electron chi connectivity index (χ4n) is 2.83. The van der Waals surface area contributed by atoms with Crippen LogP contribution in [0.4, 0.5) is 0 Å². The van der Waals surface area contributed by atoms with Crippen molar-refractivity contribution < 1.29 is 19.5 Å². The fourth-order valence-corrected chi connectivity index (χ4v) is 2.83. The van der Waals surface area contributed by atoms with E-state index in [0.29, 0.717) is 19.4 Å². The van der Waals surface area contributed by atoms with Crippen molar-refractivity contribution in [2.45, 2.75) is 72.9 Å². The minimum absolute atomic E-state index is 0.166. The molecule has 0 aromatic carbocycles. The number of likely N-dealkylation sites (N-methyl/N-ethyl adjacent to an activating group) is 2. The maximum atomic E-state index is 13.0. The molecule has 0 aromatic rings. The van der Waals surface area contributed by atoms with E-state index in [2.05, 4.69) is 10.6 Å². The average molecular weight is 384 g/mol. The molecule has 1 atom stereocenters. The molecule has 0 rings (SSSR count). The minimum atomic E-state index is -1.02. The maximum absolute atomic E-state index is 13.0. The van der Waals surface area contributed by atoms with Crippen molar-refractivity contribution >= 4 is 17.8 Å². The number of hydrogen-bond donors (Lipinski definition) is 3. The molecular formula is C20H37N3O4. The van der Waals surface area contributed by atoms with Gasteiger partial charge < -0.3 is 20.6 Å². The Morgan fingerprint density at radius 1 is 1.11 bits per heavy atom. The number of carbonyl (C=O) groups is 3. The lowest BCUT2D eigenvalue weighted by atomic mass is 9.84. The molecule has 0 aromatic heterocycles. The van der Waals surface area contributed by atoms with Gasteiger partial charge in [-0.3, -0.25) is 9.59 Å². The highest BCUT2D eigenvalue weighted by molar-refractivity contribution is 5.92. The van der Waals surface area contributed by atoms with E-state index < -0.39 is 23.0 Å². The third-order valence-corrected chi connectivity index (χ3v) is 4.93. The Labute approximate surface area is 163 Å². The highest BCUT2D eigenvalue weighted by Crippen LogP contribution is 2.23. The van der Waals surface area contributed by atoms with Crippen molar-refractivity contribution in [3.8, 4) is 0 Å². The number of aliphatic carboxylic acids is 1. The summed E-state index contributed by atoms with van der Waals surface area (Å²) in [4.78, 5) is 38.4. The highest BCUT2D eigenvalue weighted by atomic mass is 16.4. The zero-order chi connectivity index (χ0) is 21.4. The van der Waals surface area contributed by atoms with Gasteiger partial charge in [-0.15, -0.1) is 0 Å². The number of carboxylic acid groups (broad SMARTS) is 1. The molecule has 0 aliphatic carbocycles. The van der Waals surface area contributed by atoms with Gasteiger partial charge in [0.2, 0.25) is 11.8 Å². The summed E-state index contributed by atoms with van der Waals surface area (Å²) in [6, 6.07) is -0.718. The second-order valence-electron chi connectivity index (χ2n) is 8.00. The van der Waals surface area contributed by atoms with Crippen LogP contribution in [-0.4, -0.2) is 59.5 Å². The number of rotatable bonds is 10. The second kappa shape index (κ2) is 10.4. The lowest BCUT2D eigenvalue weighted by Gasteiger charge is -2.38. The van der Waals surface area contributed by atoms with Gasteiger partial charge in [0, 0.05) is 19.2 Å². The number of nitrogens with zero attached hydrogens (tertiary/aromatic N) is 1. The first kappa shape index (κ1) is 25.1. The van der Waals surface area contributed by atoms with E-state index in [1.807, 2.05) is 41.5 Å². The van der Waals surface area contributed by atoms with Gasteiger partial charge in [0.15, 0.2) is 0 Å². The lowest BCUT2D eigenvalue weighted by Crippen LogP contribution is -2.62. The van der Waals surface area contributed by atoms with Crippen molar-refractivity contribution in [1.29, 1.82) is 0 Å². The smallest absolute Gasteiger partial charge is 0.331 e. The summed E-state index contributed by atoms with van der Waals surface area (Å²) in [6.07, 6.45) is 2.72. The Balaban J connectivity index is 5.51. The topological polar surface area (TPSA) is 98.7 Å². The first-order valence-electron chi connectivity index (χ1n) is 9.57. The summed E-state index contributed by atoms with van der Waals surface area (Å²) in [5.74, 6) is -1.45. The molecule has 7 heteroatoms. The Hall–Kier alpha value is -1.89. The molecule has 0 aliphatic heterocycles. The predicted octanol–water partition coefficient (Wildman–Crippen LogP) is 2.17. The van der Waals surface area contributed by atoms with E-state index >= 15 is 0 Å². The van der Waals surface area contributed by atoms with Crippen LogP contribution in [0.3, 0.4) is 0 Å². The molecule has 7 nitrogen and oxygen atoms in total. The van der Waals surface area contributed by atoms with Gasteiger partial charge in [0.25, 0.3) is 0 Å². The van der Waals surface area contributed by atoms with Crippen LogP contribution in [0.5, 0.6) is 0 Å². The van der Waals surface area contributed by atoms with Crippen molar-refractivity contribution in [3.05, 3.63) is 11.6 Å². The molecule has 156 valence electrons. The molecule has 1 unspecified atom stereocenters. The maximum Gasteiger partial charge on any atom is 0.331 e. The Bertz CT molecular complexity index is 560. The van der Waals surface area contributed by atoms with Crippen LogP contribution in [-0.2, 0) is 14.4 Å². The SMILES string of the molecule is CCNC(CC)(CC)C(=O)NC(C(=O)N(C)C/C=C(\C)C(=O)O)C(C)(C)C. The summed E-state index contributed by atoms with van der Waals surface area (Å²) >= 11 is 0. The molecule has 0 bridgehead atoms. The van der Waals surface area contributed by atoms with Crippen LogP contribution in [0.15, 0.2) is 11.6 Å². The molecule has 0 fully saturated rings. The van der Waals surface area contributed by atoms with Gasteiger partial charge in [-0.05, 0) is 31.7 Å². The van der Waals surface area contributed by atoms with E-state index in [1.165, 1.54) is 17.9 Å². The standard InChI is InChI=1S/C20H37N3O4/c1-9-20(10-2,21-11-3)18(27)22-15(19(5,6)7)16(24)23(8)13-12-14(4)17(25)26/h12,15,21H,9-11,13H2,1-8H3,(H,22,27)(H,25,26)/b14-12+. The van der Waals surface area contributed by atoms with E-state index in [-0.39, 0.29) is 23.9 Å². The zero-order valence-electron chi connectivity index (χ0n) is 18.1. The first-order valence-corrected chi connectivity index (χ1v) is 9.57. The Morgan fingerprint density at radius 3 is 2.00 bits per heavy atom. The van der Waals surface area contributed by atoms with Gasteiger partial charge in [0.1, 0.15) is 6.04 Å². The quantitative estimate of drug-likeness (QED) is 0.502. The molecule has 27 heavy (non-hydrogen) atoms. The molecular weight excluding hydrogens is 346 g/mol. The zero-order valence-corrected chi connectivity index (χ0v) is 18.1. The summed E-state index contributed by atoms with van der Waals surface area (Å²) in [5, 5.41) is 15.2. The third kappa shape index (κ3) is 6.97. The fraction of sp³-hybridized carbons (Fsp3) is 0.750. The van der Waals surface area contributed by atoms with Crippen LogP contribution in [0.1, 0.15) is 61.3 Å². The van der Waals surface area contributed by atoms with Crippen LogP contribution in [0, 0.1) is 5.41 Å². The second-order valence-corrected chi connectivity index (χ2v) is 8.00. The molecule has 0 aliphatic rings. The lowest BCUT2D eigenvalue weighted by molar-refractivity contribution is -0.140. The third-order valence-electron chi connectivity index (χ3n) is 4.93. The van der Waals surface area contributed by atoms with Gasteiger partial charge in [-0.25, -0.2) is 4.79 Å². The molecule has 3 N–H and O–H groups in total. The van der Waals surface area contributed by atoms with Gasteiger partial charge in [-0.2, -0.15) is 0 Å².